The fourth-order valence-corrected chi connectivity index (χ4v) is 1.51. The number of hydrogen-bond donors (Lipinski definition) is 0. The van der Waals surface area contributed by atoms with Crippen LogP contribution in [0.4, 0.5) is 17.6 Å². The van der Waals surface area contributed by atoms with Crippen molar-refractivity contribution < 1.29 is 27.1 Å². The number of halogens is 4. The van der Waals surface area contributed by atoms with Gasteiger partial charge in [0.05, 0.1) is 0 Å². The number of Topliss-reactive ketones (excluding diaryl/α,β-unsaturated/α-hetero) is 1. The van der Waals surface area contributed by atoms with Gasteiger partial charge in [-0.15, -0.1) is 0 Å². The van der Waals surface area contributed by atoms with Crippen LogP contribution < -0.4 is 4.74 Å². The van der Waals surface area contributed by atoms with Crippen LogP contribution in [0.5, 0.6) is 5.88 Å². The first-order chi connectivity index (χ1) is 8.37. The van der Waals surface area contributed by atoms with Crippen molar-refractivity contribution in [2.45, 2.75) is 31.3 Å². The molecule has 0 bridgehead atoms. The van der Waals surface area contributed by atoms with E-state index in [1.54, 1.807) is 0 Å². The molecule has 0 aliphatic heterocycles. The number of rotatable bonds is 4. The lowest BCUT2D eigenvalue weighted by atomic mass is 9.91. The summed E-state index contributed by atoms with van der Waals surface area (Å²) in [6, 6.07) is 0.922. The fraction of sp³-hybridized carbons (Fsp3) is 0.500. The third kappa shape index (κ3) is 2.74. The predicted octanol–water partition coefficient (Wildman–Crippen LogP) is 2.10. The Hall–Kier alpha value is -1.73. The van der Waals surface area contributed by atoms with E-state index in [9.17, 15) is 22.4 Å². The van der Waals surface area contributed by atoms with Crippen LogP contribution in [0, 0.1) is 0 Å². The summed E-state index contributed by atoms with van der Waals surface area (Å²) in [6.07, 6.45) is -3.92. The molecule has 0 aromatic carbocycles. The van der Waals surface area contributed by atoms with Crippen molar-refractivity contribution in [1.82, 2.24) is 9.97 Å². The van der Waals surface area contributed by atoms with Crippen LogP contribution in [0.15, 0.2) is 12.4 Å². The topological polar surface area (TPSA) is 52.1 Å². The molecule has 0 amide bonds. The molecule has 1 aliphatic carbocycles. The molecule has 2 rings (SSSR count). The quantitative estimate of drug-likeness (QED) is 0.617. The summed E-state index contributed by atoms with van der Waals surface area (Å²) in [5.74, 6) is -4.37. The lowest BCUT2D eigenvalue weighted by Crippen LogP contribution is -2.43. The van der Waals surface area contributed by atoms with Crippen molar-refractivity contribution in [1.29, 1.82) is 0 Å². The van der Waals surface area contributed by atoms with E-state index in [1.807, 2.05) is 0 Å². The highest BCUT2D eigenvalue weighted by Crippen LogP contribution is 2.39. The Morgan fingerprint density at radius 3 is 2.61 bits per heavy atom. The van der Waals surface area contributed by atoms with Crippen LogP contribution in [0.25, 0.3) is 0 Å². The molecular weight excluding hydrogens is 256 g/mol. The van der Waals surface area contributed by atoms with E-state index < -0.39 is 42.8 Å². The van der Waals surface area contributed by atoms with E-state index in [-0.39, 0.29) is 5.88 Å². The highest BCUT2D eigenvalue weighted by molar-refractivity contribution is 5.96. The minimum atomic E-state index is -3.18. The first-order valence-corrected chi connectivity index (χ1v) is 5.06. The maximum Gasteiger partial charge on any atom is 0.302 e. The molecule has 0 unspecified atom stereocenters. The molecule has 1 heterocycles. The minimum Gasteiger partial charge on any atom is -0.474 e. The summed E-state index contributed by atoms with van der Waals surface area (Å²) >= 11 is 0. The van der Waals surface area contributed by atoms with Crippen molar-refractivity contribution in [3.63, 3.8) is 0 Å². The van der Waals surface area contributed by atoms with Crippen LogP contribution in [0.2, 0.25) is 0 Å². The molecule has 0 radical (unpaired) electrons. The molecule has 0 N–H and O–H groups in total. The summed E-state index contributed by atoms with van der Waals surface area (Å²) in [6.45, 7) is 0. The van der Waals surface area contributed by atoms with Crippen molar-refractivity contribution in [3.8, 4) is 5.88 Å². The second-order valence-electron chi connectivity index (χ2n) is 3.91. The molecule has 18 heavy (non-hydrogen) atoms. The van der Waals surface area contributed by atoms with E-state index in [0.29, 0.717) is 0 Å². The second-order valence-corrected chi connectivity index (χ2v) is 3.91. The zero-order valence-electron chi connectivity index (χ0n) is 8.95. The molecule has 1 aromatic heterocycles. The Labute approximate surface area is 99.0 Å². The van der Waals surface area contributed by atoms with Crippen LogP contribution >= 0.6 is 0 Å². The van der Waals surface area contributed by atoms with Gasteiger partial charge in [-0.1, -0.05) is 0 Å². The van der Waals surface area contributed by atoms with E-state index in [1.165, 1.54) is 0 Å². The first-order valence-electron chi connectivity index (χ1n) is 5.06. The maximum atomic E-state index is 12.5. The minimum absolute atomic E-state index is 0.158. The molecular formula is C10H8F4N2O2. The van der Waals surface area contributed by atoms with Gasteiger partial charge in [-0.3, -0.25) is 4.79 Å². The Morgan fingerprint density at radius 1 is 1.39 bits per heavy atom. The maximum absolute atomic E-state index is 12.5. The zero-order chi connectivity index (χ0) is 13.3. The smallest absolute Gasteiger partial charge is 0.302 e. The Bertz CT molecular complexity index is 459. The van der Waals surface area contributed by atoms with Gasteiger partial charge >= 0.3 is 6.43 Å². The second kappa shape index (κ2) is 4.51. The molecule has 0 atom stereocenters. The average molecular weight is 264 g/mol. The summed E-state index contributed by atoms with van der Waals surface area (Å²) in [5.41, 5.74) is -0.499. The number of nitrogens with zero attached hydrogens (tertiary/aromatic N) is 2. The van der Waals surface area contributed by atoms with Crippen molar-refractivity contribution in [2.75, 3.05) is 0 Å². The molecule has 0 saturated heterocycles. The number of alkyl halides is 4. The molecule has 98 valence electrons. The summed E-state index contributed by atoms with van der Waals surface area (Å²) in [4.78, 5) is 17.9. The first kappa shape index (κ1) is 12.7. The van der Waals surface area contributed by atoms with Gasteiger partial charge in [0.15, 0.2) is 0 Å². The molecule has 8 heteroatoms. The predicted molar refractivity (Wildman–Crippen MR) is 51.0 cm³/mol. The van der Waals surface area contributed by atoms with Crippen LogP contribution in [-0.2, 0) is 0 Å². The zero-order valence-corrected chi connectivity index (χ0v) is 8.95. The SMILES string of the molecule is O=C(c1cc(OC2CC(F)(F)C2)ncn1)C(F)F. The number of carbonyl (C=O) groups is 1. The van der Waals surface area contributed by atoms with Gasteiger partial charge in [0.25, 0.3) is 5.92 Å². The monoisotopic (exact) mass is 264 g/mol. The van der Waals surface area contributed by atoms with Crippen LogP contribution in [-0.4, -0.2) is 34.2 Å². The highest BCUT2D eigenvalue weighted by atomic mass is 19.3. The largest absolute Gasteiger partial charge is 0.474 e. The third-order valence-electron chi connectivity index (χ3n) is 2.43. The number of ketones is 1. The lowest BCUT2D eigenvalue weighted by Gasteiger charge is -2.34. The molecule has 4 nitrogen and oxygen atoms in total. The van der Waals surface area contributed by atoms with Gasteiger partial charge in [-0.2, -0.15) is 0 Å². The van der Waals surface area contributed by atoms with Crippen molar-refractivity contribution in [3.05, 3.63) is 18.1 Å². The Kier molecular flexibility index (Phi) is 3.18. The van der Waals surface area contributed by atoms with E-state index in [4.69, 9.17) is 4.74 Å². The van der Waals surface area contributed by atoms with Gasteiger partial charge in [0.1, 0.15) is 18.1 Å². The normalized spacial score (nSPS) is 18.5. The van der Waals surface area contributed by atoms with Crippen LogP contribution in [0.3, 0.4) is 0 Å². The number of carbonyl (C=O) groups excluding carboxylic acids is 1. The Morgan fingerprint density at radius 2 is 2.06 bits per heavy atom. The number of hydrogen-bond acceptors (Lipinski definition) is 4. The number of aromatic nitrogens is 2. The summed E-state index contributed by atoms with van der Waals surface area (Å²) < 4.78 is 54.4. The van der Waals surface area contributed by atoms with Gasteiger partial charge in [-0.05, 0) is 0 Å². The third-order valence-corrected chi connectivity index (χ3v) is 2.43. The van der Waals surface area contributed by atoms with Crippen molar-refractivity contribution >= 4 is 5.78 Å². The molecule has 1 saturated carbocycles. The lowest BCUT2D eigenvalue weighted by molar-refractivity contribution is -0.135. The fourth-order valence-electron chi connectivity index (χ4n) is 1.51. The highest BCUT2D eigenvalue weighted by Gasteiger charge is 2.47. The van der Waals surface area contributed by atoms with Gasteiger partial charge in [0.2, 0.25) is 11.7 Å². The van der Waals surface area contributed by atoms with Gasteiger partial charge < -0.3 is 4.74 Å². The van der Waals surface area contributed by atoms with Crippen molar-refractivity contribution in [2.24, 2.45) is 0 Å². The Balaban J connectivity index is 2.02. The van der Waals surface area contributed by atoms with E-state index >= 15 is 0 Å². The molecule has 1 aromatic rings. The molecule has 1 fully saturated rings. The summed E-state index contributed by atoms with van der Waals surface area (Å²) in [5, 5.41) is 0. The van der Waals surface area contributed by atoms with Crippen LogP contribution in [0.1, 0.15) is 23.3 Å². The summed E-state index contributed by atoms with van der Waals surface area (Å²) in [7, 11) is 0. The van der Waals surface area contributed by atoms with Gasteiger partial charge in [0, 0.05) is 18.9 Å². The van der Waals surface area contributed by atoms with E-state index in [0.717, 1.165) is 12.4 Å². The molecule has 0 spiro atoms. The van der Waals surface area contributed by atoms with E-state index in [2.05, 4.69) is 9.97 Å². The molecule has 1 aliphatic rings. The number of ether oxygens (including phenoxy) is 1. The van der Waals surface area contributed by atoms with Gasteiger partial charge in [-0.25, -0.2) is 27.5 Å². The standard InChI is InChI=1S/C10H8F4N2O2/c11-9(12)8(17)6-1-7(16-4-15-6)18-5-2-10(13,14)3-5/h1,4-5,9H,2-3H2. The average Bonchev–Trinajstić information content (AvgIpc) is 2.26.